The van der Waals surface area contributed by atoms with Gasteiger partial charge < -0.3 is 15.2 Å². The van der Waals surface area contributed by atoms with Gasteiger partial charge in [-0.2, -0.15) is 0 Å². The number of rotatable bonds is 4. The molecule has 0 atom stereocenters. The molecule has 4 rings (SSSR count). The molecule has 0 saturated carbocycles. The van der Waals surface area contributed by atoms with Crippen molar-refractivity contribution in [1.82, 2.24) is 15.3 Å². The monoisotopic (exact) mass is 348 g/mol. The zero-order valence-corrected chi connectivity index (χ0v) is 14.5. The summed E-state index contributed by atoms with van der Waals surface area (Å²) in [6.45, 7) is 4.06. The standard InChI is InChI=1S/C21H21FN4/c22-18-4-1-16(2-5-18)3-6-19-15-17(9-10-24-19)20-7-8-21(25-20)26-13-11-23-12-14-26/h1-10,15,23,25H,11-14H2/b6-3+. The Balaban J connectivity index is 1.52. The molecule has 1 saturated heterocycles. The maximum absolute atomic E-state index is 13.0. The number of nitrogens with zero attached hydrogens (tertiary/aromatic N) is 2. The van der Waals surface area contributed by atoms with E-state index in [2.05, 4.69) is 32.3 Å². The summed E-state index contributed by atoms with van der Waals surface area (Å²) >= 11 is 0. The second-order valence-corrected chi connectivity index (χ2v) is 6.35. The lowest BCUT2D eigenvalue weighted by molar-refractivity contribution is 0.586. The van der Waals surface area contributed by atoms with Crippen molar-refractivity contribution in [1.29, 1.82) is 0 Å². The number of pyridine rings is 1. The average Bonchev–Trinajstić information content (AvgIpc) is 3.19. The molecule has 0 amide bonds. The fourth-order valence-corrected chi connectivity index (χ4v) is 3.10. The van der Waals surface area contributed by atoms with Crippen LogP contribution in [0, 0.1) is 5.82 Å². The molecule has 0 radical (unpaired) electrons. The van der Waals surface area contributed by atoms with Gasteiger partial charge in [0.05, 0.1) is 5.69 Å². The average molecular weight is 348 g/mol. The third-order valence-electron chi connectivity index (χ3n) is 4.54. The number of nitrogens with one attached hydrogen (secondary N) is 2. The van der Waals surface area contributed by atoms with Crippen LogP contribution in [0.2, 0.25) is 0 Å². The second-order valence-electron chi connectivity index (χ2n) is 6.35. The van der Waals surface area contributed by atoms with E-state index >= 15 is 0 Å². The van der Waals surface area contributed by atoms with Crippen LogP contribution in [0.4, 0.5) is 10.2 Å². The molecule has 3 heterocycles. The van der Waals surface area contributed by atoms with Crippen LogP contribution in [0.3, 0.4) is 0 Å². The Morgan fingerprint density at radius 1 is 0.962 bits per heavy atom. The van der Waals surface area contributed by atoms with Crippen molar-refractivity contribution in [3.05, 3.63) is 71.8 Å². The van der Waals surface area contributed by atoms with Gasteiger partial charge in [-0.1, -0.05) is 18.2 Å². The summed E-state index contributed by atoms with van der Waals surface area (Å²) in [6.07, 6.45) is 5.69. The molecule has 3 aromatic rings. The van der Waals surface area contributed by atoms with Crippen molar-refractivity contribution in [3.8, 4) is 11.3 Å². The Kier molecular flexibility index (Phi) is 4.80. The zero-order valence-electron chi connectivity index (χ0n) is 14.5. The van der Waals surface area contributed by atoms with E-state index in [9.17, 15) is 4.39 Å². The Labute approximate surface area is 152 Å². The molecule has 1 fully saturated rings. The maximum atomic E-state index is 13.0. The van der Waals surface area contributed by atoms with Gasteiger partial charge in [0.15, 0.2) is 0 Å². The maximum Gasteiger partial charge on any atom is 0.123 e. The van der Waals surface area contributed by atoms with Crippen LogP contribution in [0.1, 0.15) is 11.3 Å². The molecule has 0 bridgehead atoms. The summed E-state index contributed by atoms with van der Waals surface area (Å²) in [6, 6.07) is 14.7. The molecule has 1 aliphatic rings. The first kappa shape index (κ1) is 16.5. The minimum Gasteiger partial charge on any atom is -0.356 e. The molecular weight excluding hydrogens is 327 g/mol. The molecule has 0 unspecified atom stereocenters. The number of hydrogen-bond donors (Lipinski definition) is 2. The first-order chi connectivity index (χ1) is 12.8. The Morgan fingerprint density at radius 2 is 1.77 bits per heavy atom. The van der Waals surface area contributed by atoms with E-state index in [0.717, 1.165) is 54.5 Å². The molecular formula is C21H21FN4. The third-order valence-corrected chi connectivity index (χ3v) is 4.54. The van der Waals surface area contributed by atoms with Crippen molar-refractivity contribution in [3.63, 3.8) is 0 Å². The summed E-state index contributed by atoms with van der Waals surface area (Å²) in [5, 5.41) is 3.37. The number of aromatic amines is 1. The van der Waals surface area contributed by atoms with E-state index < -0.39 is 0 Å². The van der Waals surface area contributed by atoms with Crippen LogP contribution in [-0.2, 0) is 0 Å². The van der Waals surface area contributed by atoms with Crippen LogP contribution < -0.4 is 10.2 Å². The van der Waals surface area contributed by atoms with Crippen molar-refractivity contribution in [2.24, 2.45) is 0 Å². The minimum absolute atomic E-state index is 0.227. The number of benzene rings is 1. The van der Waals surface area contributed by atoms with Gasteiger partial charge in [0, 0.05) is 43.6 Å². The van der Waals surface area contributed by atoms with Gasteiger partial charge in [0.1, 0.15) is 11.6 Å². The number of aromatic nitrogens is 2. The zero-order chi connectivity index (χ0) is 17.8. The summed E-state index contributed by atoms with van der Waals surface area (Å²) in [7, 11) is 0. The lowest BCUT2D eigenvalue weighted by atomic mass is 10.1. The smallest absolute Gasteiger partial charge is 0.123 e. The largest absolute Gasteiger partial charge is 0.356 e. The van der Waals surface area contributed by atoms with Crippen LogP contribution >= 0.6 is 0 Å². The Morgan fingerprint density at radius 3 is 2.58 bits per heavy atom. The predicted octanol–water partition coefficient (Wildman–Crippen LogP) is 3.80. The molecule has 132 valence electrons. The van der Waals surface area contributed by atoms with Crippen molar-refractivity contribution in [2.75, 3.05) is 31.1 Å². The number of hydrogen-bond acceptors (Lipinski definition) is 3. The topological polar surface area (TPSA) is 44.0 Å². The van der Waals surface area contributed by atoms with E-state index in [-0.39, 0.29) is 5.82 Å². The highest BCUT2D eigenvalue weighted by molar-refractivity contribution is 5.71. The first-order valence-corrected chi connectivity index (χ1v) is 8.83. The van der Waals surface area contributed by atoms with Gasteiger partial charge in [0.25, 0.3) is 0 Å². The predicted molar refractivity (Wildman–Crippen MR) is 104 cm³/mol. The highest BCUT2D eigenvalue weighted by Crippen LogP contribution is 2.23. The molecule has 5 heteroatoms. The number of piperazine rings is 1. The SMILES string of the molecule is Fc1ccc(/C=C/c2cc(-c3ccc(N4CCNCC4)[nH]3)ccn2)cc1. The molecule has 1 aromatic carbocycles. The van der Waals surface area contributed by atoms with Crippen LogP contribution in [0.15, 0.2) is 54.7 Å². The van der Waals surface area contributed by atoms with Crippen LogP contribution in [-0.4, -0.2) is 36.1 Å². The van der Waals surface area contributed by atoms with Crippen LogP contribution in [0.5, 0.6) is 0 Å². The van der Waals surface area contributed by atoms with E-state index in [4.69, 9.17) is 0 Å². The number of halogens is 1. The lowest BCUT2D eigenvalue weighted by Gasteiger charge is -2.28. The van der Waals surface area contributed by atoms with Gasteiger partial charge in [0.2, 0.25) is 0 Å². The van der Waals surface area contributed by atoms with Gasteiger partial charge in [-0.15, -0.1) is 0 Å². The molecule has 1 aliphatic heterocycles. The Hall–Kier alpha value is -2.92. The molecule has 0 spiro atoms. The van der Waals surface area contributed by atoms with Gasteiger partial charge >= 0.3 is 0 Å². The van der Waals surface area contributed by atoms with Crippen molar-refractivity contribution < 1.29 is 4.39 Å². The van der Waals surface area contributed by atoms with Crippen LogP contribution in [0.25, 0.3) is 23.4 Å². The van der Waals surface area contributed by atoms with Gasteiger partial charge in [-0.25, -0.2) is 4.39 Å². The lowest BCUT2D eigenvalue weighted by Crippen LogP contribution is -2.43. The molecule has 2 N–H and O–H groups in total. The normalized spacial score (nSPS) is 14.9. The molecule has 26 heavy (non-hydrogen) atoms. The summed E-state index contributed by atoms with van der Waals surface area (Å²) < 4.78 is 13.0. The van der Waals surface area contributed by atoms with Crippen molar-refractivity contribution in [2.45, 2.75) is 0 Å². The fourth-order valence-electron chi connectivity index (χ4n) is 3.10. The Bertz CT molecular complexity index is 892. The number of anilines is 1. The minimum atomic E-state index is -0.227. The highest BCUT2D eigenvalue weighted by atomic mass is 19.1. The summed E-state index contributed by atoms with van der Waals surface area (Å²) in [5.74, 6) is 0.927. The molecule has 0 aliphatic carbocycles. The quantitative estimate of drug-likeness (QED) is 0.754. The fraction of sp³-hybridized carbons (Fsp3) is 0.190. The van der Waals surface area contributed by atoms with E-state index in [1.54, 1.807) is 12.1 Å². The summed E-state index contributed by atoms with van der Waals surface area (Å²) in [5.41, 5.74) is 3.99. The van der Waals surface area contributed by atoms with Gasteiger partial charge in [-0.05, 0) is 48.0 Å². The summed E-state index contributed by atoms with van der Waals surface area (Å²) in [4.78, 5) is 10.3. The van der Waals surface area contributed by atoms with Crippen molar-refractivity contribution >= 4 is 18.0 Å². The highest BCUT2D eigenvalue weighted by Gasteiger charge is 2.12. The second kappa shape index (κ2) is 7.54. The third kappa shape index (κ3) is 3.83. The first-order valence-electron chi connectivity index (χ1n) is 8.83. The number of H-pyrrole nitrogens is 1. The van der Waals surface area contributed by atoms with Gasteiger partial charge in [-0.3, -0.25) is 4.98 Å². The van der Waals surface area contributed by atoms with E-state index in [0.29, 0.717) is 0 Å². The molecule has 4 nitrogen and oxygen atoms in total. The van der Waals surface area contributed by atoms with E-state index in [1.807, 2.05) is 30.5 Å². The van der Waals surface area contributed by atoms with E-state index in [1.165, 1.54) is 12.1 Å². The molecule has 2 aromatic heterocycles.